The second-order valence-electron chi connectivity index (χ2n) is 5.14. The van der Waals surface area contributed by atoms with Crippen LogP contribution in [0.5, 0.6) is 0 Å². The fourth-order valence-electron chi connectivity index (χ4n) is 1.92. The molecule has 0 aliphatic rings. The largest absolute Gasteiger partial charge is 0.481 e. The molecule has 0 atom stereocenters. The molecule has 10 nitrogen and oxygen atoms in total. The van der Waals surface area contributed by atoms with E-state index in [1.807, 2.05) is 0 Å². The maximum atomic E-state index is 12.8. The van der Waals surface area contributed by atoms with Crippen molar-refractivity contribution in [3.63, 3.8) is 0 Å². The first-order valence-electron chi connectivity index (χ1n) is 7.17. The van der Waals surface area contributed by atoms with Crippen LogP contribution < -0.4 is 0 Å². The molecule has 0 bridgehead atoms. The number of aromatic carboxylic acids is 1. The van der Waals surface area contributed by atoms with Gasteiger partial charge in [-0.25, -0.2) is 26.7 Å². The Morgan fingerprint density at radius 1 is 0.833 bits per heavy atom. The van der Waals surface area contributed by atoms with Crippen LogP contribution in [0.3, 0.4) is 0 Å². The van der Waals surface area contributed by atoms with Crippen molar-refractivity contribution in [2.24, 2.45) is 0 Å². The minimum Gasteiger partial charge on any atom is -0.481 e. The highest BCUT2D eigenvalue weighted by Crippen LogP contribution is 2.25. The molecule has 0 saturated carbocycles. The number of carboxylic acid groups (broad SMARTS) is 2. The van der Waals surface area contributed by atoms with Crippen molar-refractivity contribution in [1.82, 2.24) is 0 Å². The lowest BCUT2D eigenvalue weighted by molar-refractivity contribution is -0.394. The molecule has 0 amide bonds. The minimum absolute atomic E-state index is 0.522. The molecule has 0 aromatic heterocycles. The van der Waals surface area contributed by atoms with Gasteiger partial charge >= 0.3 is 11.9 Å². The summed E-state index contributed by atoms with van der Waals surface area (Å²) < 4.78 is 63.0. The van der Waals surface area contributed by atoms with Gasteiger partial charge in [0.15, 0.2) is 23.3 Å². The molecule has 30 heavy (non-hydrogen) atoms. The fraction of sp³-hybridized carbons (Fsp3) is 0.0667. The zero-order valence-corrected chi connectivity index (χ0v) is 14.1. The Morgan fingerprint density at radius 3 is 1.67 bits per heavy atom. The summed E-state index contributed by atoms with van der Waals surface area (Å²) in [7, 11) is 0. The maximum absolute atomic E-state index is 12.8. The number of nitrogens with zero attached hydrogens (tertiary/aromatic N) is 2. The van der Waals surface area contributed by atoms with Crippen molar-refractivity contribution in [3.05, 3.63) is 78.6 Å². The summed E-state index contributed by atoms with van der Waals surface area (Å²) in [5.74, 6) is -14.0. The average Bonchev–Trinajstić information content (AvgIpc) is 2.67. The first-order valence-corrected chi connectivity index (χ1v) is 7.17. The molecule has 0 saturated heterocycles. The highest BCUT2D eigenvalue weighted by Gasteiger charge is 2.26. The first-order chi connectivity index (χ1) is 13.8. The van der Waals surface area contributed by atoms with Crippen molar-refractivity contribution in [2.75, 3.05) is 0 Å². The van der Waals surface area contributed by atoms with Gasteiger partial charge in [0, 0.05) is 11.6 Å². The van der Waals surface area contributed by atoms with Crippen molar-refractivity contribution < 1.29 is 51.6 Å². The van der Waals surface area contributed by atoms with Crippen LogP contribution in [0.25, 0.3) is 0 Å². The summed E-state index contributed by atoms with van der Waals surface area (Å²) in [6.45, 7) is 0. The molecule has 0 unspecified atom stereocenters. The summed E-state index contributed by atoms with van der Waals surface area (Å²) in [6, 6.07) is 2.35. The molecule has 0 heterocycles. The van der Waals surface area contributed by atoms with Gasteiger partial charge in [-0.3, -0.25) is 25.0 Å². The van der Waals surface area contributed by atoms with E-state index >= 15 is 0 Å². The standard InChI is InChI=1S/C8H3F5O2.C7H4N2O6/c9-4-2(1-3(14)15)5(10)7(12)8(13)6(4)11;10-7(11)5-2-1-4(8(12)13)3-6(5)9(14)15/h1H2,(H,14,15);1-3H,(H,10,11). The van der Waals surface area contributed by atoms with E-state index in [-0.39, 0.29) is 0 Å². The third-order valence-electron chi connectivity index (χ3n) is 3.25. The number of carboxylic acids is 2. The lowest BCUT2D eigenvalue weighted by Gasteiger charge is -2.05. The van der Waals surface area contributed by atoms with Crippen molar-refractivity contribution >= 4 is 23.3 Å². The van der Waals surface area contributed by atoms with E-state index in [2.05, 4.69) is 0 Å². The molecule has 2 aromatic rings. The molecular weight excluding hydrogens is 431 g/mol. The molecule has 0 radical (unpaired) electrons. The van der Waals surface area contributed by atoms with Crippen LogP contribution in [0.1, 0.15) is 15.9 Å². The first kappa shape index (κ1) is 23.9. The Bertz CT molecular complexity index is 1030. The third-order valence-corrected chi connectivity index (χ3v) is 3.25. The monoisotopic (exact) mass is 438 g/mol. The Morgan fingerprint density at radius 2 is 1.30 bits per heavy atom. The van der Waals surface area contributed by atoms with Crippen LogP contribution >= 0.6 is 0 Å². The van der Waals surface area contributed by atoms with E-state index in [0.717, 1.165) is 12.1 Å². The van der Waals surface area contributed by atoms with Gasteiger partial charge in [0.25, 0.3) is 11.4 Å². The molecule has 15 heteroatoms. The molecule has 160 valence electrons. The van der Waals surface area contributed by atoms with Crippen LogP contribution in [0.15, 0.2) is 18.2 Å². The van der Waals surface area contributed by atoms with Gasteiger partial charge in [-0.05, 0) is 6.07 Å². The quantitative estimate of drug-likeness (QED) is 0.236. The number of aliphatic carboxylic acids is 1. The van der Waals surface area contributed by atoms with Crippen molar-refractivity contribution in [1.29, 1.82) is 0 Å². The molecule has 2 N–H and O–H groups in total. The smallest absolute Gasteiger partial charge is 0.342 e. The van der Waals surface area contributed by atoms with E-state index in [1.165, 1.54) is 0 Å². The molecule has 0 fully saturated rings. The maximum Gasteiger partial charge on any atom is 0.342 e. The Hall–Kier alpha value is -4.17. The SMILES string of the molecule is O=C(O)Cc1c(F)c(F)c(F)c(F)c1F.O=C(O)c1ccc([N+](=O)[O-])cc1[N+](=O)[O-]. The number of halogens is 5. The predicted molar refractivity (Wildman–Crippen MR) is 84.3 cm³/mol. The van der Waals surface area contributed by atoms with Gasteiger partial charge in [-0.15, -0.1) is 0 Å². The van der Waals surface area contributed by atoms with E-state index in [0.29, 0.717) is 6.07 Å². The Kier molecular flexibility index (Phi) is 7.44. The average molecular weight is 438 g/mol. The third kappa shape index (κ3) is 5.21. The Labute approximate surface area is 161 Å². The van der Waals surface area contributed by atoms with Crippen LogP contribution in [0.4, 0.5) is 33.3 Å². The number of hydrogen-bond donors (Lipinski definition) is 2. The van der Waals surface area contributed by atoms with Gasteiger partial charge in [0.05, 0.1) is 22.3 Å². The summed E-state index contributed by atoms with van der Waals surface area (Å²) in [5, 5.41) is 37.5. The number of non-ortho nitro benzene ring substituents is 1. The van der Waals surface area contributed by atoms with Gasteiger partial charge in [-0.1, -0.05) is 0 Å². The number of rotatable bonds is 5. The van der Waals surface area contributed by atoms with Crippen molar-refractivity contribution in [2.45, 2.75) is 6.42 Å². The van der Waals surface area contributed by atoms with E-state index in [4.69, 9.17) is 10.2 Å². The summed E-state index contributed by atoms with van der Waals surface area (Å²) in [4.78, 5) is 39.5. The van der Waals surface area contributed by atoms with Crippen molar-refractivity contribution in [3.8, 4) is 0 Å². The van der Waals surface area contributed by atoms with Crippen LogP contribution in [-0.2, 0) is 11.2 Å². The lowest BCUT2D eigenvalue weighted by atomic mass is 10.1. The number of carbonyl (C=O) groups is 2. The lowest BCUT2D eigenvalue weighted by Crippen LogP contribution is -2.11. The molecule has 2 aromatic carbocycles. The zero-order valence-electron chi connectivity index (χ0n) is 14.1. The second kappa shape index (κ2) is 9.35. The number of nitro benzene ring substituents is 2. The van der Waals surface area contributed by atoms with Crippen LogP contribution in [0.2, 0.25) is 0 Å². The number of benzene rings is 2. The topological polar surface area (TPSA) is 161 Å². The molecule has 0 aliphatic carbocycles. The van der Waals surface area contributed by atoms with Gasteiger partial charge < -0.3 is 10.2 Å². The molecular formula is C15H7F5N2O8. The fourth-order valence-corrected chi connectivity index (χ4v) is 1.92. The van der Waals surface area contributed by atoms with E-state index in [9.17, 15) is 51.8 Å². The molecule has 0 spiro atoms. The zero-order chi connectivity index (χ0) is 23.3. The highest BCUT2D eigenvalue weighted by atomic mass is 19.2. The number of nitro groups is 2. The minimum atomic E-state index is -2.31. The second-order valence-corrected chi connectivity index (χ2v) is 5.14. The predicted octanol–water partition coefficient (Wildman–Crippen LogP) is 3.21. The number of hydrogen-bond acceptors (Lipinski definition) is 6. The van der Waals surface area contributed by atoms with Gasteiger partial charge in [0.2, 0.25) is 5.82 Å². The highest BCUT2D eigenvalue weighted by molar-refractivity contribution is 5.92. The van der Waals surface area contributed by atoms with Gasteiger partial charge in [0.1, 0.15) is 5.56 Å². The van der Waals surface area contributed by atoms with Crippen LogP contribution in [0, 0.1) is 49.3 Å². The summed E-state index contributed by atoms with van der Waals surface area (Å²) in [6.07, 6.45) is -1.27. The summed E-state index contributed by atoms with van der Waals surface area (Å²) >= 11 is 0. The summed E-state index contributed by atoms with van der Waals surface area (Å²) in [5.41, 5.74) is -3.24. The van der Waals surface area contributed by atoms with Gasteiger partial charge in [-0.2, -0.15) is 0 Å². The van der Waals surface area contributed by atoms with E-state index in [1.54, 1.807) is 0 Å². The Balaban J connectivity index is 0.000000300. The van der Waals surface area contributed by atoms with E-state index < -0.39 is 79.8 Å². The van der Waals surface area contributed by atoms with Crippen LogP contribution in [-0.4, -0.2) is 32.0 Å². The molecule has 2 rings (SSSR count). The normalized spacial score (nSPS) is 10.0. The molecule has 0 aliphatic heterocycles.